The molecule has 0 heterocycles. The van der Waals surface area contributed by atoms with Gasteiger partial charge in [0.1, 0.15) is 5.75 Å². The molecule has 0 saturated carbocycles. The second-order valence-corrected chi connectivity index (χ2v) is 4.60. The molecule has 0 aliphatic rings. The number of rotatable bonds is 4. The molecule has 94 valence electrons. The lowest BCUT2D eigenvalue weighted by Crippen LogP contribution is -2.13. The van der Waals surface area contributed by atoms with Crippen molar-refractivity contribution in [2.45, 2.75) is 12.5 Å². The first kappa shape index (κ1) is 12.9. The molecule has 2 aromatic carbocycles. The van der Waals surface area contributed by atoms with Crippen LogP contribution in [0, 0.1) is 0 Å². The van der Waals surface area contributed by atoms with E-state index in [1.807, 2.05) is 36.4 Å². The van der Waals surface area contributed by atoms with E-state index in [0.717, 1.165) is 12.0 Å². The molecule has 0 amide bonds. The number of hydrogen-bond acceptors (Lipinski definition) is 2. The van der Waals surface area contributed by atoms with Crippen LogP contribution in [0.4, 0.5) is 0 Å². The van der Waals surface area contributed by atoms with Crippen LogP contribution in [0.15, 0.2) is 48.5 Å². The Kier molecular flexibility index (Phi) is 4.24. The van der Waals surface area contributed by atoms with Gasteiger partial charge in [0, 0.05) is 6.04 Å². The first-order chi connectivity index (χ1) is 8.70. The zero-order valence-corrected chi connectivity index (χ0v) is 11.0. The van der Waals surface area contributed by atoms with Crippen LogP contribution >= 0.6 is 11.6 Å². The molecule has 3 heteroatoms. The van der Waals surface area contributed by atoms with Crippen molar-refractivity contribution in [2.75, 3.05) is 7.11 Å². The smallest absolute Gasteiger partial charge is 0.137 e. The van der Waals surface area contributed by atoms with E-state index in [-0.39, 0.29) is 6.04 Å². The number of nitrogens with two attached hydrogens (primary N) is 1. The van der Waals surface area contributed by atoms with E-state index >= 15 is 0 Å². The monoisotopic (exact) mass is 261 g/mol. The van der Waals surface area contributed by atoms with Crippen molar-refractivity contribution in [3.05, 3.63) is 64.7 Å². The SMILES string of the molecule is COc1cc(C(N)Cc2ccccc2)ccc1Cl. The van der Waals surface area contributed by atoms with Crippen LogP contribution in [0.2, 0.25) is 5.02 Å². The summed E-state index contributed by atoms with van der Waals surface area (Å²) in [5.41, 5.74) is 8.45. The van der Waals surface area contributed by atoms with Gasteiger partial charge in [0.15, 0.2) is 0 Å². The minimum Gasteiger partial charge on any atom is -0.495 e. The van der Waals surface area contributed by atoms with Crippen molar-refractivity contribution in [1.29, 1.82) is 0 Å². The Morgan fingerprint density at radius 2 is 1.89 bits per heavy atom. The largest absolute Gasteiger partial charge is 0.495 e. The van der Waals surface area contributed by atoms with Gasteiger partial charge in [-0.1, -0.05) is 48.0 Å². The summed E-state index contributed by atoms with van der Waals surface area (Å²) in [6.07, 6.45) is 0.797. The molecule has 1 atom stereocenters. The number of halogens is 1. The van der Waals surface area contributed by atoms with E-state index in [0.29, 0.717) is 10.8 Å². The van der Waals surface area contributed by atoms with Gasteiger partial charge in [-0.25, -0.2) is 0 Å². The van der Waals surface area contributed by atoms with E-state index in [1.54, 1.807) is 7.11 Å². The molecule has 0 saturated heterocycles. The summed E-state index contributed by atoms with van der Waals surface area (Å²) in [6.45, 7) is 0. The fourth-order valence-electron chi connectivity index (χ4n) is 1.89. The van der Waals surface area contributed by atoms with Gasteiger partial charge in [-0.2, -0.15) is 0 Å². The average molecular weight is 262 g/mol. The lowest BCUT2D eigenvalue weighted by atomic mass is 9.99. The van der Waals surface area contributed by atoms with E-state index in [2.05, 4.69) is 12.1 Å². The van der Waals surface area contributed by atoms with E-state index in [9.17, 15) is 0 Å². The summed E-state index contributed by atoms with van der Waals surface area (Å²) in [4.78, 5) is 0. The third kappa shape index (κ3) is 3.03. The third-order valence-corrected chi connectivity index (χ3v) is 3.21. The van der Waals surface area contributed by atoms with Crippen LogP contribution in [-0.2, 0) is 6.42 Å². The fourth-order valence-corrected chi connectivity index (χ4v) is 2.09. The first-order valence-electron chi connectivity index (χ1n) is 5.83. The topological polar surface area (TPSA) is 35.2 Å². The summed E-state index contributed by atoms with van der Waals surface area (Å²) >= 11 is 6.00. The van der Waals surface area contributed by atoms with Gasteiger partial charge in [0.05, 0.1) is 12.1 Å². The van der Waals surface area contributed by atoms with Crippen LogP contribution in [-0.4, -0.2) is 7.11 Å². The van der Waals surface area contributed by atoms with Crippen LogP contribution in [0.3, 0.4) is 0 Å². The number of benzene rings is 2. The maximum absolute atomic E-state index is 6.20. The summed E-state index contributed by atoms with van der Waals surface area (Å²) < 4.78 is 5.20. The maximum Gasteiger partial charge on any atom is 0.137 e. The van der Waals surface area contributed by atoms with Crippen LogP contribution in [0.1, 0.15) is 17.2 Å². The Labute approximate surface area is 112 Å². The molecule has 0 aromatic heterocycles. The highest BCUT2D eigenvalue weighted by Crippen LogP contribution is 2.28. The molecule has 0 bridgehead atoms. The molecule has 1 unspecified atom stereocenters. The highest BCUT2D eigenvalue weighted by molar-refractivity contribution is 6.32. The Bertz CT molecular complexity index is 513. The zero-order chi connectivity index (χ0) is 13.0. The second-order valence-electron chi connectivity index (χ2n) is 4.19. The Morgan fingerprint density at radius 1 is 1.17 bits per heavy atom. The summed E-state index contributed by atoms with van der Waals surface area (Å²) in [6, 6.07) is 15.8. The van der Waals surface area contributed by atoms with Crippen molar-refractivity contribution in [3.8, 4) is 5.75 Å². The number of ether oxygens (including phenoxy) is 1. The van der Waals surface area contributed by atoms with Crippen LogP contribution in [0.5, 0.6) is 5.75 Å². The van der Waals surface area contributed by atoms with Crippen molar-refractivity contribution in [2.24, 2.45) is 5.73 Å². The summed E-state index contributed by atoms with van der Waals surface area (Å²) in [5.74, 6) is 0.665. The average Bonchev–Trinajstić information content (AvgIpc) is 2.40. The molecular weight excluding hydrogens is 246 g/mol. The molecule has 0 aliphatic heterocycles. The predicted molar refractivity (Wildman–Crippen MR) is 75.1 cm³/mol. The van der Waals surface area contributed by atoms with E-state index in [4.69, 9.17) is 22.1 Å². The maximum atomic E-state index is 6.20. The van der Waals surface area contributed by atoms with Gasteiger partial charge in [-0.05, 0) is 29.7 Å². The van der Waals surface area contributed by atoms with Crippen molar-refractivity contribution in [1.82, 2.24) is 0 Å². The number of hydrogen-bond donors (Lipinski definition) is 1. The molecule has 0 fully saturated rings. The van der Waals surface area contributed by atoms with Crippen molar-refractivity contribution >= 4 is 11.6 Å². The molecule has 2 rings (SSSR count). The molecule has 0 spiro atoms. The molecular formula is C15H16ClNO. The number of methoxy groups -OCH3 is 1. The van der Waals surface area contributed by atoms with E-state index in [1.165, 1.54) is 5.56 Å². The summed E-state index contributed by atoms with van der Waals surface area (Å²) in [7, 11) is 1.60. The lowest BCUT2D eigenvalue weighted by Gasteiger charge is -2.14. The predicted octanol–water partition coefficient (Wildman–Crippen LogP) is 3.59. The van der Waals surface area contributed by atoms with Gasteiger partial charge >= 0.3 is 0 Å². The quantitative estimate of drug-likeness (QED) is 0.913. The molecule has 18 heavy (non-hydrogen) atoms. The van der Waals surface area contributed by atoms with Gasteiger partial charge in [-0.15, -0.1) is 0 Å². The molecule has 0 aliphatic carbocycles. The van der Waals surface area contributed by atoms with Gasteiger partial charge in [0.25, 0.3) is 0 Å². The lowest BCUT2D eigenvalue weighted by molar-refractivity contribution is 0.414. The first-order valence-corrected chi connectivity index (χ1v) is 6.21. The van der Waals surface area contributed by atoms with Crippen LogP contribution < -0.4 is 10.5 Å². The zero-order valence-electron chi connectivity index (χ0n) is 10.3. The summed E-state index contributed by atoms with van der Waals surface area (Å²) in [5, 5.41) is 0.605. The Balaban J connectivity index is 2.16. The highest BCUT2D eigenvalue weighted by Gasteiger charge is 2.09. The molecule has 2 aromatic rings. The Hall–Kier alpha value is -1.51. The van der Waals surface area contributed by atoms with Crippen LogP contribution in [0.25, 0.3) is 0 Å². The molecule has 2 N–H and O–H groups in total. The molecule has 0 radical (unpaired) electrons. The van der Waals surface area contributed by atoms with Gasteiger partial charge in [0.2, 0.25) is 0 Å². The Morgan fingerprint density at radius 3 is 2.56 bits per heavy atom. The second kappa shape index (κ2) is 5.89. The van der Waals surface area contributed by atoms with Crippen molar-refractivity contribution < 1.29 is 4.74 Å². The van der Waals surface area contributed by atoms with Gasteiger partial charge in [-0.3, -0.25) is 0 Å². The highest BCUT2D eigenvalue weighted by atomic mass is 35.5. The fraction of sp³-hybridized carbons (Fsp3) is 0.200. The van der Waals surface area contributed by atoms with Crippen molar-refractivity contribution in [3.63, 3.8) is 0 Å². The minimum absolute atomic E-state index is 0.0569. The van der Waals surface area contributed by atoms with Gasteiger partial charge < -0.3 is 10.5 Å². The molecule has 2 nitrogen and oxygen atoms in total. The van der Waals surface area contributed by atoms with E-state index < -0.39 is 0 Å². The third-order valence-electron chi connectivity index (χ3n) is 2.90. The normalized spacial score (nSPS) is 12.2. The standard InChI is InChI=1S/C15H16ClNO/c1-18-15-10-12(7-8-13(15)16)14(17)9-11-5-3-2-4-6-11/h2-8,10,14H,9,17H2,1H3. The minimum atomic E-state index is -0.0569.